The Morgan fingerprint density at radius 1 is 1.33 bits per heavy atom. The van der Waals surface area contributed by atoms with Gasteiger partial charge in [0.15, 0.2) is 0 Å². The number of anilines is 1. The number of hydrogen-bond donors (Lipinski definition) is 1. The number of benzene rings is 1. The molecule has 0 aliphatic heterocycles. The minimum atomic E-state index is 0.487. The minimum Gasteiger partial charge on any atom is -0.380 e. The molecule has 18 heavy (non-hydrogen) atoms. The predicted octanol–water partition coefficient (Wildman–Crippen LogP) is 4.50. The maximum atomic E-state index is 8.80. The zero-order chi connectivity index (χ0) is 13.1. The van der Waals surface area contributed by atoms with Gasteiger partial charge in [0.05, 0.1) is 10.6 Å². The molecule has 0 atom stereocenters. The highest BCUT2D eigenvalue weighted by Crippen LogP contribution is 2.23. The van der Waals surface area contributed by atoms with Crippen molar-refractivity contribution >= 4 is 28.6 Å². The van der Waals surface area contributed by atoms with Crippen LogP contribution in [0.1, 0.15) is 20.9 Å². The molecule has 0 aliphatic rings. The van der Waals surface area contributed by atoms with Crippen LogP contribution in [-0.4, -0.2) is 0 Å². The number of rotatable bonds is 3. The summed E-state index contributed by atoms with van der Waals surface area (Å²) >= 11 is 7.78. The smallest absolute Gasteiger partial charge is 0.101 e. The fourth-order valence-electron chi connectivity index (χ4n) is 1.64. The molecule has 1 aromatic heterocycles. The Balaban J connectivity index is 2.07. The number of nitriles is 1. The summed E-state index contributed by atoms with van der Waals surface area (Å²) in [6.45, 7) is 5.03. The number of thiophene rings is 1. The van der Waals surface area contributed by atoms with E-state index in [0.29, 0.717) is 10.6 Å². The van der Waals surface area contributed by atoms with Crippen molar-refractivity contribution in [2.45, 2.75) is 20.4 Å². The Morgan fingerprint density at radius 2 is 2.11 bits per heavy atom. The van der Waals surface area contributed by atoms with Crippen LogP contribution < -0.4 is 5.32 Å². The van der Waals surface area contributed by atoms with E-state index in [1.165, 1.54) is 15.3 Å². The Hall–Kier alpha value is -1.50. The summed E-state index contributed by atoms with van der Waals surface area (Å²) in [5.41, 5.74) is 2.77. The summed E-state index contributed by atoms with van der Waals surface area (Å²) in [5.74, 6) is 0. The molecule has 2 nitrogen and oxygen atoms in total. The van der Waals surface area contributed by atoms with Crippen LogP contribution in [0.25, 0.3) is 0 Å². The van der Waals surface area contributed by atoms with E-state index in [0.717, 1.165) is 12.2 Å². The third kappa shape index (κ3) is 2.84. The van der Waals surface area contributed by atoms with Gasteiger partial charge in [-0.05, 0) is 43.7 Å². The molecule has 2 aromatic rings. The largest absolute Gasteiger partial charge is 0.380 e. The summed E-state index contributed by atoms with van der Waals surface area (Å²) in [6.07, 6.45) is 0. The van der Waals surface area contributed by atoms with E-state index in [1.54, 1.807) is 23.5 Å². The van der Waals surface area contributed by atoms with Crippen molar-refractivity contribution in [1.29, 1.82) is 5.26 Å². The topological polar surface area (TPSA) is 35.8 Å². The molecule has 0 aliphatic carbocycles. The fraction of sp³-hybridized carbons (Fsp3) is 0.214. The summed E-state index contributed by atoms with van der Waals surface area (Å²) < 4.78 is 0. The van der Waals surface area contributed by atoms with Gasteiger partial charge >= 0.3 is 0 Å². The van der Waals surface area contributed by atoms with Gasteiger partial charge in [0.25, 0.3) is 0 Å². The second-order valence-corrected chi connectivity index (χ2v) is 5.86. The Kier molecular flexibility index (Phi) is 3.90. The van der Waals surface area contributed by atoms with Crippen molar-refractivity contribution in [3.63, 3.8) is 0 Å². The van der Waals surface area contributed by atoms with Crippen LogP contribution in [0.4, 0.5) is 5.69 Å². The minimum absolute atomic E-state index is 0.487. The molecule has 2 rings (SSSR count). The molecule has 1 aromatic carbocycles. The summed E-state index contributed by atoms with van der Waals surface area (Å²) in [6, 6.07) is 9.63. The van der Waals surface area contributed by atoms with Crippen LogP contribution in [0.15, 0.2) is 24.3 Å². The van der Waals surface area contributed by atoms with Crippen LogP contribution in [0.2, 0.25) is 5.02 Å². The average Bonchev–Trinajstić information content (AvgIpc) is 2.66. The number of hydrogen-bond acceptors (Lipinski definition) is 3. The molecule has 0 saturated carbocycles. The third-order valence-corrected chi connectivity index (χ3v) is 4.24. The number of halogens is 1. The quantitative estimate of drug-likeness (QED) is 0.896. The molecular weight excluding hydrogens is 264 g/mol. The standard InChI is InChI=1S/C14H13ClN2S/c1-9-5-13(18-10(9)2)8-17-12-4-3-11(7-16)14(15)6-12/h3-6,17H,8H2,1-2H3. The Labute approximate surface area is 116 Å². The van der Waals surface area contributed by atoms with Gasteiger partial charge in [0.2, 0.25) is 0 Å². The second-order valence-electron chi connectivity index (χ2n) is 4.11. The van der Waals surface area contributed by atoms with E-state index >= 15 is 0 Å². The Morgan fingerprint density at radius 3 is 2.67 bits per heavy atom. The zero-order valence-corrected chi connectivity index (χ0v) is 11.8. The predicted molar refractivity (Wildman–Crippen MR) is 77.3 cm³/mol. The molecule has 0 unspecified atom stereocenters. The van der Waals surface area contributed by atoms with E-state index in [-0.39, 0.29) is 0 Å². The SMILES string of the molecule is Cc1cc(CNc2ccc(C#N)c(Cl)c2)sc1C. The average molecular weight is 277 g/mol. The summed E-state index contributed by atoms with van der Waals surface area (Å²) in [4.78, 5) is 2.65. The van der Waals surface area contributed by atoms with Crippen LogP contribution in [0, 0.1) is 25.2 Å². The van der Waals surface area contributed by atoms with Crippen LogP contribution >= 0.6 is 22.9 Å². The van der Waals surface area contributed by atoms with Gasteiger partial charge in [0.1, 0.15) is 6.07 Å². The van der Waals surface area contributed by atoms with E-state index < -0.39 is 0 Å². The van der Waals surface area contributed by atoms with Gasteiger partial charge < -0.3 is 5.32 Å². The van der Waals surface area contributed by atoms with E-state index in [9.17, 15) is 0 Å². The fourth-order valence-corrected chi connectivity index (χ4v) is 2.86. The molecule has 0 spiro atoms. The van der Waals surface area contributed by atoms with Crippen molar-refractivity contribution in [3.8, 4) is 6.07 Å². The maximum absolute atomic E-state index is 8.80. The molecule has 1 N–H and O–H groups in total. The monoisotopic (exact) mass is 276 g/mol. The van der Waals surface area contributed by atoms with Gasteiger partial charge in [-0.15, -0.1) is 11.3 Å². The second kappa shape index (κ2) is 5.43. The van der Waals surface area contributed by atoms with Crippen molar-refractivity contribution in [3.05, 3.63) is 50.2 Å². The van der Waals surface area contributed by atoms with Crippen LogP contribution in [0.3, 0.4) is 0 Å². The molecule has 92 valence electrons. The van der Waals surface area contributed by atoms with Crippen molar-refractivity contribution < 1.29 is 0 Å². The first-order chi connectivity index (χ1) is 8.60. The molecule has 4 heteroatoms. The molecule has 0 bridgehead atoms. The van der Waals surface area contributed by atoms with E-state index in [4.69, 9.17) is 16.9 Å². The van der Waals surface area contributed by atoms with Crippen LogP contribution in [-0.2, 0) is 6.54 Å². The van der Waals surface area contributed by atoms with Crippen LogP contribution in [0.5, 0.6) is 0 Å². The molecule has 0 radical (unpaired) electrons. The molecular formula is C14H13ClN2S. The van der Waals surface area contributed by atoms with Gasteiger partial charge in [0, 0.05) is 22.0 Å². The lowest BCUT2D eigenvalue weighted by molar-refractivity contribution is 1.19. The van der Waals surface area contributed by atoms with Crippen molar-refractivity contribution in [2.24, 2.45) is 0 Å². The van der Waals surface area contributed by atoms with E-state index in [1.807, 2.05) is 12.1 Å². The number of nitrogens with zero attached hydrogens (tertiary/aromatic N) is 1. The molecule has 0 fully saturated rings. The Bertz CT molecular complexity index is 591. The third-order valence-electron chi connectivity index (χ3n) is 2.77. The lowest BCUT2D eigenvalue weighted by atomic mass is 10.2. The first kappa shape index (κ1) is 12.9. The molecule has 0 amide bonds. The lowest BCUT2D eigenvalue weighted by Gasteiger charge is -2.05. The van der Waals surface area contributed by atoms with Crippen molar-refractivity contribution in [1.82, 2.24) is 0 Å². The van der Waals surface area contributed by atoms with Gasteiger partial charge in [-0.1, -0.05) is 11.6 Å². The number of nitrogens with one attached hydrogen (secondary N) is 1. The maximum Gasteiger partial charge on any atom is 0.101 e. The lowest BCUT2D eigenvalue weighted by Crippen LogP contribution is -1.97. The molecule has 0 saturated heterocycles. The summed E-state index contributed by atoms with van der Waals surface area (Å²) in [7, 11) is 0. The first-order valence-corrected chi connectivity index (χ1v) is 6.79. The van der Waals surface area contributed by atoms with E-state index in [2.05, 4.69) is 25.2 Å². The summed E-state index contributed by atoms with van der Waals surface area (Å²) in [5, 5.41) is 12.6. The highest BCUT2D eigenvalue weighted by atomic mass is 35.5. The van der Waals surface area contributed by atoms with Crippen molar-refractivity contribution in [2.75, 3.05) is 5.32 Å². The highest BCUT2D eigenvalue weighted by Gasteiger charge is 2.03. The first-order valence-electron chi connectivity index (χ1n) is 5.59. The number of aryl methyl sites for hydroxylation is 2. The highest BCUT2D eigenvalue weighted by molar-refractivity contribution is 7.12. The zero-order valence-electron chi connectivity index (χ0n) is 10.2. The van der Waals surface area contributed by atoms with Gasteiger partial charge in [-0.3, -0.25) is 0 Å². The molecule has 1 heterocycles. The normalized spacial score (nSPS) is 10.1. The van der Waals surface area contributed by atoms with Gasteiger partial charge in [-0.25, -0.2) is 0 Å². The van der Waals surface area contributed by atoms with Gasteiger partial charge in [-0.2, -0.15) is 5.26 Å².